The molecule has 0 radical (unpaired) electrons. The van der Waals surface area contributed by atoms with E-state index < -0.39 is 5.97 Å². The van der Waals surface area contributed by atoms with Crippen LogP contribution in [0.2, 0.25) is 5.02 Å². The molecular weight excluding hydrogens is 412 g/mol. The Balaban J connectivity index is 2.08. The first-order valence-electron chi connectivity index (χ1n) is 9.55. The zero-order valence-corrected chi connectivity index (χ0v) is 18.8. The normalized spacial score (nSPS) is 10.8. The van der Waals surface area contributed by atoms with Crippen molar-refractivity contribution in [2.24, 2.45) is 5.92 Å². The molecule has 0 spiro atoms. The standard InChI is InChI=1S/C21H27ClN2O4S/c1-14(2)9-6-5-7-12-28-20(25)19-15(22)10-8-11-16(19)29-21-23-17(26-3)13-18(24-21)27-4/h8,10-11,13-14H,5-7,9,12H2,1-4H3. The fourth-order valence-corrected chi connectivity index (χ4v) is 3.81. The molecule has 1 heterocycles. The molecule has 1 aromatic heterocycles. The quantitative estimate of drug-likeness (QED) is 0.254. The van der Waals surface area contributed by atoms with Crippen LogP contribution in [0, 0.1) is 5.92 Å². The minimum atomic E-state index is -0.447. The third kappa shape index (κ3) is 7.40. The summed E-state index contributed by atoms with van der Waals surface area (Å²) in [6.45, 7) is 4.78. The smallest absolute Gasteiger partial charge is 0.340 e. The van der Waals surface area contributed by atoms with Gasteiger partial charge in [0.15, 0.2) is 5.16 Å². The highest BCUT2D eigenvalue weighted by Gasteiger charge is 2.19. The van der Waals surface area contributed by atoms with E-state index in [1.165, 1.54) is 32.4 Å². The summed E-state index contributed by atoms with van der Waals surface area (Å²) >= 11 is 7.50. The summed E-state index contributed by atoms with van der Waals surface area (Å²) in [5.74, 6) is 0.980. The summed E-state index contributed by atoms with van der Waals surface area (Å²) < 4.78 is 15.8. The van der Waals surface area contributed by atoms with Crippen LogP contribution in [0.15, 0.2) is 34.3 Å². The number of unbranched alkanes of at least 4 members (excludes halogenated alkanes) is 2. The number of carbonyl (C=O) groups is 1. The van der Waals surface area contributed by atoms with Gasteiger partial charge in [0, 0.05) is 4.90 Å². The number of ether oxygens (including phenoxy) is 3. The van der Waals surface area contributed by atoms with E-state index in [0.717, 1.165) is 19.3 Å². The van der Waals surface area contributed by atoms with Gasteiger partial charge in [-0.05, 0) is 36.2 Å². The zero-order chi connectivity index (χ0) is 21.2. The van der Waals surface area contributed by atoms with Crippen LogP contribution in [0.25, 0.3) is 0 Å². The molecule has 0 unspecified atom stereocenters. The van der Waals surface area contributed by atoms with Gasteiger partial charge < -0.3 is 14.2 Å². The molecule has 1 aromatic carbocycles. The molecule has 0 N–H and O–H groups in total. The van der Waals surface area contributed by atoms with Crippen LogP contribution < -0.4 is 9.47 Å². The molecular formula is C21H27ClN2O4S. The maximum Gasteiger partial charge on any atom is 0.340 e. The van der Waals surface area contributed by atoms with Gasteiger partial charge >= 0.3 is 5.97 Å². The van der Waals surface area contributed by atoms with Crippen molar-refractivity contribution in [2.45, 2.75) is 49.6 Å². The topological polar surface area (TPSA) is 70.5 Å². The van der Waals surface area contributed by atoms with Crippen LogP contribution in [0.1, 0.15) is 49.9 Å². The molecule has 0 saturated carbocycles. The van der Waals surface area contributed by atoms with Gasteiger partial charge in [0.05, 0.1) is 37.5 Å². The molecule has 29 heavy (non-hydrogen) atoms. The Labute approximate surface area is 181 Å². The monoisotopic (exact) mass is 438 g/mol. The summed E-state index contributed by atoms with van der Waals surface area (Å²) in [7, 11) is 3.03. The van der Waals surface area contributed by atoms with Gasteiger partial charge in [-0.15, -0.1) is 0 Å². The molecule has 0 aliphatic heterocycles. The average Bonchev–Trinajstić information content (AvgIpc) is 2.70. The van der Waals surface area contributed by atoms with E-state index in [4.69, 9.17) is 25.8 Å². The number of nitrogens with zero attached hydrogens (tertiary/aromatic N) is 2. The Bertz CT molecular complexity index is 795. The molecule has 0 amide bonds. The Hall–Kier alpha value is -1.99. The molecule has 8 heteroatoms. The molecule has 0 fully saturated rings. The summed E-state index contributed by atoms with van der Waals surface area (Å²) in [6.07, 6.45) is 4.19. The van der Waals surface area contributed by atoms with Crippen molar-refractivity contribution in [3.8, 4) is 11.8 Å². The van der Waals surface area contributed by atoms with Gasteiger partial charge in [-0.3, -0.25) is 0 Å². The minimum Gasteiger partial charge on any atom is -0.481 e. The lowest BCUT2D eigenvalue weighted by Crippen LogP contribution is -2.09. The van der Waals surface area contributed by atoms with Crippen molar-refractivity contribution in [3.05, 3.63) is 34.9 Å². The highest BCUT2D eigenvalue weighted by Crippen LogP contribution is 2.34. The lowest BCUT2D eigenvalue weighted by molar-refractivity contribution is 0.0493. The number of aromatic nitrogens is 2. The fourth-order valence-electron chi connectivity index (χ4n) is 2.59. The van der Waals surface area contributed by atoms with Crippen LogP contribution in [-0.4, -0.2) is 36.8 Å². The zero-order valence-electron chi connectivity index (χ0n) is 17.2. The van der Waals surface area contributed by atoms with E-state index in [-0.39, 0.29) is 0 Å². The van der Waals surface area contributed by atoms with Crippen molar-refractivity contribution in [1.29, 1.82) is 0 Å². The molecule has 0 atom stereocenters. The Kier molecular flexibility index (Phi) is 9.54. The van der Waals surface area contributed by atoms with Crippen LogP contribution in [0.4, 0.5) is 0 Å². The summed E-state index contributed by atoms with van der Waals surface area (Å²) in [5.41, 5.74) is 0.312. The minimum absolute atomic E-state index is 0.312. The summed E-state index contributed by atoms with van der Waals surface area (Å²) in [6, 6.07) is 6.80. The highest BCUT2D eigenvalue weighted by atomic mass is 35.5. The van der Waals surface area contributed by atoms with Crippen LogP contribution in [-0.2, 0) is 4.74 Å². The maximum absolute atomic E-state index is 12.7. The van der Waals surface area contributed by atoms with Gasteiger partial charge in [-0.1, -0.05) is 50.8 Å². The second kappa shape index (κ2) is 11.9. The predicted octanol–water partition coefficient (Wildman–Crippen LogP) is 5.67. The second-order valence-electron chi connectivity index (χ2n) is 6.83. The molecule has 2 rings (SSSR count). The van der Waals surface area contributed by atoms with Crippen molar-refractivity contribution in [1.82, 2.24) is 9.97 Å². The summed E-state index contributed by atoms with van der Waals surface area (Å²) in [5, 5.41) is 0.709. The molecule has 0 aliphatic carbocycles. The molecule has 0 aliphatic rings. The Morgan fingerprint density at radius 2 is 1.79 bits per heavy atom. The Morgan fingerprint density at radius 1 is 1.10 bits per heavy atom. The third-order valence-electron chi connectivity index (χ3n) is 4.12. The number of halogens is 1. The van der Waals surface area contributed by atoms with E-state index in [9.17, 15) is 4.79 Å². The van der Waals surface area contributed by atoms with Gasteiger partial charge in [0.25, 0.3) is 0 Å². The lowest BCUT2D eigenvalue weighted by Gasteiger charge is -2.11. The number of methoxy groups -OCH3 is 2. The van der Waals surface area contributed by atoms with Gasteiger partial charge in [-0.25, -0.2) is 4.79 Å². The van der Waals surface area contributed by atoms with E-state index in [2.05, 4.69) is 23.8 Å². The lowest BCUT2D eigenvalue weighted by atomic mass is 10.1. The molecule has 0 bridgehead atoms. The first-order chi connectivity index (χ1) is 13.9. The number of rotatable bonds is 11. The third-order valence-corrected chi connectivity index (χ3v) is 5.36. The fraction of sp³-hybridized carbons (Fsp3) is 0.476. The maximum atomic E-state index is 12.7. The van der Waals surface area contributed by atoms with Gasteiger partial charge in [0.2, 0.25) is 11.8 Å². The van der Waals surface area contributed by atoms with Crippen molar-refractivity contribution in [3.63, 3.8) is 0 Å². The molecule has 0 saturated heterocycles. The van der Waals surface area contributed by atoms with E-state index >= 15 is 0 Å². The van der Waals surface area contributed by atoms with Crippen molar-refractivity contribution >= 4 is 29.3 Å². The van der Waals surface area contributed by atoms with Crippen LogP contribution in [0.3, 0.4) is 0 Å². The van der Waals surface area contributed by atoms with E-state index in [1.54, 1.807) is 24.3 Å². The summed E-state index contributed by atoms with van der Waals surface area (Å²) in [4.78, 5) is 21.8. The van der Waals surface area contributed by atoms with Crippen LogP contribution in [0.5, 0.6) is 11.8 Å². The SMILES string of the molecule is COc1cc(OC)nc(Sc2cccc(Cl)c2C(=O)OCCCCCC(C)C)n1. The highest BCUT2D eigenvalue weighted by molar-refractivity contribution is 7.99. The van der Waals surface area contributed by atoms with Gasteiger partial charge in [-0.2, -0.15) is 9.97 Å². The number of esters is 1. The average molecular weight is 439 g/mol. The number of benzene rings is 1. The first kappa shape index (κ1) is 23.3. The molecule has 2 aromatic rings. The second-order valence-corrected chi connectivity index (χ2v) is 8.25. The predicted molar refractivity (Wildman–Crippen MR) is 114 cm³/mol. The first-order valence-corrected chi connectivity index (χ1v) is 10.7. The number of hydrogen-bond donors (Lipinski definition) is 0. The molecule has 6 nitrogen and oxygen atoms in total. The largest absolute Gasteiger partial charge is 0.481 e. The van der Waals surface area contributed by atoms with Crippen LogP contribution >= 0.6 is 23.4 Å². The van der Waals surface area contributed by atoms with E-state index in [0.29, 0.717) is 44.9 Å². The molecule has 158 valence electrons. The van der Waals surface area contributed by atoms with Gasteiger partial charge in [0.1, 0.15) is 0 Å². The van der Waals surface area contributed by atoms with Crippen molar-refractivity contribution < 1.29 is 19.0 Å². The Morgan fingerprint density at radius 3 is 2.41 bits per heavy atom. The number of hydrogen-bond acceptors (Lipinski definition) is 7. The number of carbonyl (C=O) groups excluding carboxylic acids is 1. The van der Waals surface area contributed by atoms with Crippen molar-refractivity contribution in [2.75, 3.05) is 20.8 Å². The van der Waals surface area contributed by atoms with E-state index in [1.807, 2.05) is 0 Å².